The molecule has 0 radical (unpaired) electrons. The highest BCUT2D eigenvalue weighted by atomic mass is 32.1. The molecule has 0 bridgehead atoms. The number of aliphatic hydroxyl groups excluding tert-OH is 1. The molecule has 0 saturated heterocycles. The average molecular weight is 314 g/mol. The van der Waals surface area contributed by atoms with Crippen LogP contribution in [0.15, 0.2) is 35.0 Å². The Morgan fingerprint density at radius 3 is 2.67 bits per heavy atom. The van der Waals surface area contributed by atoms with Crippen molar-refractivity contribution in [2.45, 2.75) is 25.6 Å². The zero-order valence-electron chi connectivity index (χ0n) is 11.5. The number of ether oxygens (including phenoxy) is 2. The monoisotopic (exact) mass is 314 g/mol. The Bertz CT molecular complexity index is 558. The van der Waals surface area contributed by atoms with Gasteiger partial charge in [-0.05, 0) is 52.9 Å². The van der Waals surface area contributed by atoms with Crippen LogP contribution in [0.1, 0.15) is 23.7 Å². The molecule has 1 unspecified atom stereocenters. The number of benzene rings is 1. The summed E-state index contributed by atoms with van der Waals surface area (Å²) in [4.78, 5) is 0. The third-order valence-electron chi connectivity index (χ3n) is 3.08. The first-order chi connectivity index (χ1) is 10.1. The van der Waals surface area contributed by atoms with E-state index < -0.39 is 12.7 Å². The molecule has 0 saturated carbocycles. The molecule has 0 aliphatic rings. The lowest BCUT2D eigenvalue weighted by Crippen LogP contribution is -2.05. The Hall–Kier alpha value is -1.66. The van der Waals surface area contributed by atoms with Gasteiger partial charge in [0, 0.05) is 0 Å². The van der Waals surface area contributed by atoms with E-state index in [9.17, 15) is 13.9 Å². The largest absolute Gasteiger partial charge is 0.493 e. The first-order valence-electron chi connectivity index (χ1n) is 6.42. The molecule has 114 valence electrons. The molecule has 1 heterocycles. The maximum absolute atomic E-state index is 12.4. The highest BCUT2D eigenvalue weighted by Gasteiger charge is 2.15. The predicted molar refractivity (Wildman–Crippen MR) is 77.2 cm³/mol. The second-order valence-corrected chi connectivity index (χ2v) is 5.25. The van der Waals surface area contributed by atoms with Crippen LogP contribution in [0.4, 0.5) is 8.78 Å². The number of alkyl halides is 2. The van der Waals surface area contributed by atoms with Crippen LogP contribution in [0.3, 0.4) is 0 Å². The molecular weight excluding hydrogens is 298 g/mol. The molecule has 2 rings (SSSR count). The van der Waals surface area contributed by atoms with Crippen LogP contribution in [-0.2, 0) is 6.42 Å². The molecule has 0 amide bonds. The van der Waals surface area contributed by atoms with E-state index in [1.807, 2.05) is 16.8 Å². The number of aliphatic hydroxyl groups is 1. The molecule has 1 N–H and O–H groups in total. The van der Waals surface area contributed by atoms with E-state index in [-0.39, 0.29) is 11.5 Å². The van der Waals surface area contributed by atoms with E-state index in [4.69, 9.17) is 4.74 Å². The predicted octanol–water partition coefficient (Wildman–Crippen LogP) is 4.02. The zero-order chi connectivity index (χ0) is 15.2. The standard InChI is InChI=1S/C15H16F2O3S/c1-19-13-5-3-11(8-14(13)20-15(16)17)12(18)4-2-10-6-7-21-9-10/h3,5-9,12,15,18H,2,4H2,1H3. The third kappa shape index (κ3) is 4.41. The van der Waals surface area contributed by atoms with E-state index in [0.29, 0.717) is 12.0 Å². The summed E-state index contributed by atoms with van der Waals surface area (Å²) in [6.07, 6.45) is 0.495. The fourth-order valence-electron chi connectivity index (χ4n) is 1.99. The van der Waals surface area contributed by atoms with Crippen molar-refractivity contribution in [2.24, 2.45) is 0 Å². The maximum Gasteiger partial charge on any atom is 0.387 e. The summed E-state index contributed by atoms with van der Waals surface area (Å²) in [5.41, 5.74) is 1.68. The third-order valence-corrected chi connectivity index (χ3v) is 3.81. The van der Waals surface area contributed by atoms with Gasteiger partial charge in [-0.2, -0.15) is 20.1 Å². The summed E-state index contributed by atoms with van der Waals surface area (Å²) >= 11 is 1.60. The van der Waals surface area contributed by atoms with Crippen LogP contribution in [0.25, 0.3) is 0 Å². The minimum Gasteiger partial charge on any atom is -0.493 e. The van der Waals surface area contributed by atoms with Crippen molar-refractivity contribution >= 4 is 11.3 Å². The van der Waals surface area contributed by atoms with Gasteiger partial charge in [-0.1, -0.05) is 6.07 Å². The number of aryl methyl sites for hydroxylation is 1. The van der Waals surface area contributed by atoms with Crippen molar-refractivity contribution in [1.82, 2.24) is 0 Å². The van der Waals surface area contributed by atoms with Gasteiger partial charge in [0.15, 0.2) is 11.5 Å². The van der Waals surface area contributed by atoms with Gasteiger partial charge in [-0.3, -0.25) is 0 Å². The van der Waals surface area contributed by atoms with E-state index in [2.05, 4.69) is 4.74 Å². The normalized spacial score (nSPS) is 12.4. The summed E-state index contributed by atoms with van der Waals surface area (Å²) in [6.45, 7) is -2.93. The first kappa shape index (κ1) is 15.7. The number of halogens is 2. The van der Waals surface area contributed by atoms with E-state index in [1.165, 1.54) is 19.2 Å². The summed E-state index contributed by atoms with van der Waals surface area (Å²) in [5.74, 6) is 0.142. The summed E-state index contributed by atoms with van der Waals surface area (Å²) in [7, 11) is 1.38. The topological polar surface area (TPSA) is 38.7 Å². The van der Waals surface area contributed by atoms with Crippen LogP contribution >= 0.6 is 11.3 Å². The number of methoxy groups -OCH3 is 1. The quantitative estimate of drug-likeness (QED) is 0.839. The van der Waals surface area contributed by atoms with Crippen molar-refractivity contribution in [3.05, 3.63) is 46.2 Å². The highest BCUT2D eigenvalue weighted by Crippen LogP contribution is 2.32. The van der Waals surface area contributed by atoms with Gasteiger partial charge in [-0.25, -0.2) is 0 Å². The molecule has 0 aliphatic heterocycles. The van der Waals surface area contributed by atoms with Crippen molar-refractivity contribution in [1.29, 1.82) is 0 Å². The van der Waals surface area contributed by atoms with E-state index in [0.717, 1.165) is 12.0 Å². The summed E-state index contributed by atoms with van der Waals surface area (Å²) in [5, 5.41) is 14.2. The molecule has 0 spiro atoms. The molecule has 1 atom stereocenters. The average Bonchev–Trinajstić information content (AvgIpc) is 2.97. The Labute approximate surface area is 125 Å². The van der Waals surface area contributed by atoms with Gasteiger partial charge < -0.3 is 14.6 Å². The molecule has 1 aromatic carbocycles. The molecule has 21 heavy (non-hydrogen) atoms. The van der Waals surface area contributed by atoms with Gasteiger partial charge in [-0.15, -0.1) is 0 Å². The molecule has 0 aliphatic carbocycles. The number of rotatable bonds is 7. The van der Waals surface area contributed by atoms with Gasteiger partial charge in [0.25, 0.3) is 0 Å². The number of hydrogen-bond acceptors (Lipinski definition) is 4. The highest BCUT2D eigenvalue weighted by molar-refractivity contribution is 7.07. The smallest absolute Gasteiger partial charge is 0.387 e. The lowest BCUT2D eigenvalue weighted by Gasteiger charge is -2.15. The second kappa shape index (κ2) is 7.38. The van der Waals surface area contributed by atoms with Gasteiger partial charge in [0.05, 0.1) is 13.2 Å². The van der Waals surface area contributed by atoms with Gasteiger partial charge in [0.1, 0.15) is 0 Å². The SMILES string of the molecule is COc1ccc(C(O)CCc2ccsc2)cc1OC(F)F. The van der Waals surface area contributed by atoms with E-state index >= 15 is 0 Å². The van der Waals surface area contributed by atoms with Crippen molar-refractivity contribution < 1.29 is 23.4 Å². The molecular formula is C15H16F2O3S. The van der Waals surface area contributed by atoms with Gasteiger partial charge in [0.2, 0.25) is 0 Å². The Morgan fingerprint density at radius 2 is 2.05 bits per heavy atom. The fraction of sp³-hybridized carbons (Fsp3) is 0.333. The van der Waals surface area contributed by atoms with Crippen LogP contribution < -0.4 is 9.47 Å². The Kier molecular flexibility index (Phi) is 5.52. The van der Waals surface area contributed by atoms with Crippen LogP contribution in [0, 0.1) is 0 Å². The molecule has 1 aromatic heterocycles. The minimum atomic E-state index is -2.93. The lowest BCUT2D eigenvalue weighted by molar-refractivity contribution is -0.0513. The van der Waals surface area contributed by atoms with Gasteiger partial charge >= 0.3 is 6.61 Å². The number of thiophene rings is 1. The lowest BCUT2D eigenvalue weighted by atomic mass is 10.0. The number of hydrogen-bond donors (Lipinski definition) is 1. The molecule has 2 aromatic rings. The molecule has 3 nitrogen and oxygen atoms in total. The minimum absolute atomic E-state index is 0.0698. The van der Waals surface area contributed by atoms with E-state index in [1.54, 1.807) is 17.4 Å². The molecule has 6 heteroatoms. The van der Waals surface area contributed by atoms with Crippen molar-refractivity contribution in [3.8, 4) is 11.5 Å². The maximum atomic E-state index is 12.4. The fourth-order valence-corrected chi connectivity index (χ4v) is 2.70. The second-order valence-electron chi connectivity index (χ2n) is 4.47. The zero-order valence-corrected chi connectivity index (χ0v) is 12.3. The van der Waals surface area contributed by atoms with Crippen LogP contribution in [-0.4, -0.2) is 18.8 Å². The van der Waals surface area contributed by atoms with Crippen LogP contribution in [0.5, 0.6) is 11.5 Å². The summed E-state index contributed by atoms with van der Waals surface area (Å²) < 4.78 is 34.1. The first-order valence-corrected chi connectivity index (χ1v) is 7.36. The van der Waals surface area contributed by atoms with Crippen molar-refractivity contribution in [3.63, 3.8) is 0 Å². The molecule has 0 fully saturated rings. The Morgan fingerprint density at radius 1 is 1.24 bits per heavy atom. The summed E-state index contributed by atoms with van der Waals surface area (Å²) in [6, 6.07) is 6.55. The van der Waals surface area contributed by atoms with Crippen molar-refractivity contribution in [2.75, 3.05) is 7.11 Å². The Balaban J connectivity index is 2.07. The van der Waals surface area contributed by atoms with Crippen LogP contribution in [0.2, 0.25) is 0 Å².